The number of carbonyl (C=O) groups excluding carboxylic acids is 1. The molecule has 0 fully saturated rings. The largest absolute Gasteiger partial charge is 0.494 e. The van der Waals surface area contributed by atoms with E-state index in [9.17, 15) is 9.59 Å². The zero-order chi connectivity index (χ0) is 19.7. The Hall–Kier alpha value is -3.08. The molecule has 1 unspecified atom stereocenters. The van der Waals surface area contributed by atoms with Crippen molar-refractivity contribution in [1.29, 1.82) is 0 Å². The van der Waals surface area contributed by atoms with Crippen molar-refractivity contribution in [2.24, 2.45) is 0 Å². The summed E-state index contributed by atoms with van der Waals surface area (Å²) in [4.78, 5) is 25.5. The Morgan fingerprint density at radius 3 is 2.61 bits per heavy atom. The van der Waals surface area contributed by atoms with Crippen LogP contribution in [0.2, 0.25) is 0 Å². The van der Waals surface area contributed by atoms with Crippen molar-refractivity contribution in [3.05, 3.63) is 75.1 Å². The Morgan fingerprint density at radius 2 is 1.86 bits per heavy atom. The molecule has 1 amide bonds. The molecule has 4 rings (SSSR count). The van der Waals surface area contributed by atoms with E-state index in [4.69, 9.17) is 9.15 Å². The van der Waals surface area contributed by atoms with Gasteiger partial charge in [0.1, 0.15) is 11.3 Å². The van der Waals surface area contributed by atoms with Crippen LogP contribution in [0, 0.1) is 6.92 Å². The molecule has 0 saturated heterocycles. The molecular formula is C23H23NO4. The van der Waals surface area contributed by atoms with Gasteiger partial charge in [0.25, 0.3) is 5.91 Å². The highest BCUT2D eigenvalue weighted by Gasteiger charge is 2.35. The van der Waals surface area contributed by atoms with Gasteiger partial charge in [0, 0.05) is 0 Å². The highest BCUT2D eigenvalue weighted by molar-refractivity contribution is 5.99. The lowest BCUT2D eigenvalue weighted by Gasteiger charge is -2.13. The molecule has 5 nitrogen and oxygen atoms in total. The van der Waals surface area contributed by atoms with Crippen LogP contribution >= 0.6 is 0 Å². The predicted molar refractivity (Wildman–Crippen MR) is 108 cm³/mol. The first-order chi connectivity index (χ1) is 13.6. The van der Waals surface area contributed by atoms with Gasteiger partial charge in [-0.3, -0.25) is 9.59 Å². The van der Waals surface area contributed by atoms with Gasteiger partial charge in [-0.15, -0.1) is 0 Å². The molecule has 1 aromatic heterocycles. The molecule has 28 heavy (non-hydrogen) atoms. The first-order valence-corrected chi connectivity index (χ1v) is 9.69. The lowest BCUT2D eigenvalue weighted by atomic mass is 9.99. The SMILES string of the molecule is CCCCCOc1ccc(C2NC(=O)c3oc4ccc(C)cc4c(=O)c32)cc1. The molecule has 2 heterocycles. The summed E-state index contributed by atoms with van der Waals surface area (Å²) in [7, 11) is 0. The van der Waals surface area contributed by atoms with Crippen molar-refractivity contribution in [2.75, 3.05) is 6.61 Å². The minimum absolute atomic E-state index is 0.103. The molecule has 0 spiro atoms. The molecule has 1 aliphatic rings. The number of fused-ring (bicyclic) bond motifs is 2. The third-order valence-electron chi connectivity index (χ3n) is 5.08. The monoisotopic (exact) mass is 377 g/mol. The predicted octanol–water partition coefficient (Wildman–Crippen LogP) is 4.50. The van der Waals surface area contributed by atoms with Crippen molar-refractivity contribution >= 4 is 16.9 Å². The van der Waals surface area contributed by atoms with Gasteiger partial charge >= 0.3 is 0 Å². The molecule has 1 atom stereocenters. The highest BCUT2D eigenvalue weighted by atomic mass is 16.5. The second-order valence-corrected chi connectivity index (χ2v) is 7.20. The van der Waals surface area contributed by atoms with Crippen LogP contribution in [0.1, 0.15) is 59.5 Å². The average Bonchev–Trinajstić information content (AvgIpc) is 3.03. The van der Waals surface area contributed by atoms with Gasteiger partial charge < -0.3 is 14.5 Å². The molecule has 1 aliphatic heterocycles. The average molecular weight is 377 g/mol. The summed E-state index contributed by atoms with van der Waals surface area (Å²) in [6, 6.07) is 12.4. The van der Waals surface area contributed by atoms with E-state index >= 15 is 0 Å². The number of unbranched alkanes of at least 4 members (excludes halogenated alkanes) is 2. The van der Waals surface area contributed by atoms with E-state index in [1.165, 1.54) is 0 Å². The van der Waals surface area contributed by atoms with Crippen LogP contribution < -0.4 is 15.5 Å². The van der Waals surface area contributed by atoms with E-state index in [0.29, 0.717) is 23.1 Å². The Morgan fingerprint density at radius 1 is 1.07 bits per heavy atom. The number of rotatable bonds is 6. The van der Waals surface area contributed by atoms with Crippen molar-refractivity contribution < 1.29 is 13.9 Å². The van der Waals surface area contributed by atoms with Crippen LogP contribution in [0.5, 0.6) is 5.75 Å². The maximum atomic E-state index is 13.1. The van der Waals surface area contributed by atoms with E-state index in [2.05, 4.69) is 12.2 Å². The summed E-state index contributed by atoms with van der Waals surface area (Å²) in [5.41, 5.74) is 2.44. The van der Waals surface area contributed by atoms with Crippen LogP contribution in [0.25, 0.3) is 11.0 Å². The Labute approximate surface area is 163 Å². The standard InChI is InChI=1S/C23H23NO4/c1-3-4-5-12-27-16-9-7-15(8-10-16)20-19-21(25)17-13-14(2)6-11-18(17)28-22(19)23(26)24-20/h6-11,13,20H,3-5,12H2,1-2H3,(H,24,26). The van der Waals surface area contributed by atoms with Crippen LogP contribution in [0.3, 0.4) is 0 Å². The third kappa shape index (κ3) is 3.28. The third-order valence-corrected chi connectivity index (χ3v) is 5.08. The van der Waals surface area contributed by atoms with Gasteiger partial charge in [-0.05, 0) is 43.2 Å². The summed E-state index contributed by atoms with van der Waals surface area (Å²) < 4.78 is 11.5. The van der Waals surface area contributed by atoms with Crippen LogP contribution in [0.15, 0.2) is 51.7 Å². The number of ether oxygens (including phenoxy) is 1. The van der Waals surface area contributed by atoms with Crippen LogP contribution in [0.4, 0.5) is 0 Å². The van der Waals surface area contributed by atoms with Gasteiger partial charge in [0.2, 0.25) is 5.76 Å². The number of amides is 1. The first kappa shape index (κ1) is 18.3. The number of hydrogen-bond acceptors (Lipinski definition) is 4. The Balaban J connectivity index is 1.66. The van der Waals surface area contributed by atoms with Gasteiger partial charge in [-0.1, -0.05) is 43.5 Å². The maximum Gasteiger partial charge on any atom is 0.288 e. The van der Waals surface area contributed by atoms with Crippen molar-refractivity contribution in [3.63, 3.8) is 0 Å². The summed E-state index contributed by atoms with van der Waals surface area (Å²) >= 11 is 0. The molecular weight excluding hydrogens is 354 g/mol. The lowest BCUT2D eigenvalue weighted by molar-refractivity contribution is 0.0938. The molecule has 1 N–H and O–H groups in total. The number of benzene rings is 2. The van der Waals surface area contributed by atoms with E-state index in [1.54, 1.807) is 12.1 Å². The molecule has 3 aromatic rings. The molecule has 0 saturated carbocycles. The topological polar surface area (TPSA) is 68.5 Å². The minimum atomic E-state index is -0.516. The summed E-state index contributed by atoms with van der Waals surface area (Å²) in [6.45, 7) is 4.76. The highest BCUT2D eigenvalue weighted by Crippen LogP contribution is 2.31. The van der Waals surface area contributed by atoms with Crippen molar-refractivity contribution in [3.8, 4) is 5.75 Å². The van der Waals surface area contributed by atoms with Crippen LogP contribution in [-0.2, 0) is 0 Å². The van der Waals surface area contributed by atoms with Crippen LogP contribution in [-0.4, -0.2) is 12.5 Å². The second-order valence-electron chi connectivity index (χ2n) is 7.20. The van der Waals surface area contributed by atoms with Gasteiger partial charge in [-0.2, -0.15) is 0 Å². The van der Waals surface area contributed by atoms with E-state index in [0.717, 1.165) is 36.1 Å². The molecule has 144 valence electrons. The van der Waals surface area contributed by atoms with Gasteiger partial charge in [0.15, 0.2) is 5.43 Å². The molecule has 0 radical (unpaired) electrons. The fourth-order valence-corrected chi connectivity index (χ4v) is 3.57. The summed E-state index contributed by atoms with van der Waals surface area (Å²) in [5.74, 6) is 0.524. The fourth-order valence-electron chi connectivity index (χ4n) is 3.57. The van der Waals surface area contributed by atoms with E-state index in [-0.39, 0.29) is 17.1 Å². The minimum Gasteiger partial charge on any atom is -0.494 e. The normalized spacial score (nSPS) is 15.5. The number of aryl methyl sites for hydroxylation is 1. The van der Waals surface area contributed by atoms with Crippen molar-refractivity contribution in [1.82, 2.24) is 5.32 Å². The quantitative estimate of drug-likeness (QED) is 0.642. The number of nitrogens with one attached hydrogen (secondary N) is 1. The van der Waals surface area contributed by atoms with E-state index < -0.39 is 6.04 Å². The maximum absolute atomic E-state index is 13.1. The molecule has 0 aliphatic carbocycles. The zero-order valence-electron chi connectivity index (χ0n) is 16.1. The summed E-state index contributed by atoms with van der Waals surface area (Å²) in [5, 5.41) is 3.37. The Bertz CT molecular complexity index is 1080. The smallest absolute Gasteiger partial charge is 0.288 e. The lowest BCUT2D eigenvalue weighted by Crippen LogP contribution is -2.21. The fraction of sp³-hybridized carbons (Fsp3) is 0.304. The summed E-state index contributed by atoms with van der Waals surface area (Å²) in [6.07, 6.45) is 3.32. The van der Waals surface area contributed by atoms with E-state index in [1.807, 2.05) is 37.3 Å². The zero-order valence-corrected chi connectivity index (χ0v) is 16.1. The first-order valence-electron chi connectivity index (χ1n) is 9.69. The number of hydrogen-bond donors (Lipinski definition) is 1. The van der Waals surface area contributed by atoms with Gasteiger partial charge in [0.05, 0.1) is 23.6 Å². The Kier molecular flexibility index (Phi) is 4.90. The molecule has 0 bridgehead atoms. The molecule has 2 aromatic carbocycles. The second kappa shape index (κ2) is 7.50. The number of carbonyl (C=O) groups is 1. The molecule has 5 heteroatoms. The van der Waals surface area contributed by atoms with Gasteiger partial charge in [-0.25, -0.2) is 0 Å². The van der Waals surface area contributed by atoms with Crippen molar-refractivity contribution in [2.45, 2.75) is 39.2 Å².